The molecular weight excluding hydrogens is 534 g/mol. The Kier molecular flexibility index (Phi) is 10.9. The highest BCUT2D eigenvalue weighted by Gasteiger charge is 2.09. The fraction of sp³-hybridized carbons (Fsp3) is 0.280. The second-order valence-electron chi connectivity index (χ2n) is 7.42. The van der Waals surface area contributed by atoms with Crippen LogP contribution in [0.4, 0.5) is 4.39 Å². The number of aliphatic imine (C=N–C) groups is 1. The third-order valence-corrected chi connectivity index (χ3v) is 4.76. The van der Waals surface area contributed by atoms with Gasteiger partial charge in [0.2, 0.25) is 0 Å². The molecule has 2 aromatic carbocycles. The maximum Gasteiger partial charge on any atom is 0.250 e. The van der Waals surface area contributed by atoms with E-state index in [0.29, 0.717) is 25.6 Å². The molecule has 0 amide bonds. The molecule has 3 rings (SSSR count). The van der Waals surface area contributed by atoms with E-state index in [4.69, 9.17) is 4.74 Å². The van der Waals surface area contributed by atoms with Crippen LogP contribution in [0.2, 0.25) is 0 Å². The minimum absolute atomic E-state index is 0. The van der Waals surface area contributed by atoms with Gasteiger partial charge in [0, 0.05) is 18.8 Å². The van der Waals surface area contributed by atoms with Crippen LogP contribution in [0.1, 0.15) is 25.0 Å². The molecule has 6 nitrogen and oxygen atoms in total. The zero-order valence-corrected chi connectivity index (χ0v) is 21.2. The third-order valence-electron chi connectivity index (χ3n) is 4.76. The highest BCUT2D eigenvalue weighted by molar-refractivity contribution is 14.0. The molecule has 176 valence electrons. The van der Waals surface area contributed by atoms with Crippen molar-refractivity contribution in [3.8, 4) is 5.75 Å². The van der Waals surface area contributed by atoms with Gasteiger partial charge in [0.15, 0.2) is 17.5 Å². The first kappa shape index (κ1) is 26.4. The SMILES string of the molecule is CCNC(=NCc1ccc(Cn2ccccc2=O)cc1)NCC(C)Oc1ccccc1F.I. The summed E-state index contributed by atoms with van der Waals surface area (Å²) >= 11 is 0. The lowest BCUT2D eigenvalue weighted by Gasteiger charge is -2.18. The van der Waals surface area contributed by atoms with E-state index in [9.17, 15) is 9.18 Å². The molecule has 1 unspecified atom stereocenters. The second kappa shape index (κ2) is 13.6. The Bertz CT molecular complexity index is 1090. The zero-order chi connectivity index (χ0) is 22.8. The van der Waals surface area contributed by atoms with Gasteiger partial charge in [-0.05, 0) is 43.2 Å². The molecule has 0 radical (unpaired) electrons. The van der Waals surface area contributed by atoms with E-state index in [1.807, 2.05) is 44.2 Å². The molecule has 1 aromatic heterocycles. The predicted octanol–water partition coefficient (Wildman–Crippen LogP) is 4.18. The average molecular weight is 564 g/mol. The molecule has 1 heterocycles. The molecule has 0 fully saturated rings. The molecule has 8 heteroatoms. The van der Waals surface area contributed by atoms with Crippen LogP contribution in [0.25, 0.3) is 0 Å². The van der Waals surface area contributed by atoms with Crippen LogP contribution in [0.5, 0.6) is 5.75 Å². The highest BCUT2D eigenvalue weighted by atomic mass is 127. The largest absolute Gasteiger partial charge is 0.486 e. The lowest BCUT2D eigenvalue weighted by Crippen LogP contribution is -2.41. The standard InChI is InChI=1S/C25H29FN4O2.HI/c1-3-27-25(28-16-19(2)32-23-9-5-4-8-22(23)26)29-17-20-11-13-21(14-12-20)18-30-15-7-6-10-24(30)31;/h4-15,19H,3,16-18H2,1-2H3,(H2,27,28,29);1H. The van der Waals surface area contributed by atoms with Crippen molar-refractivity contribution in [2.45, 2.75) is 33.0 Å². The van der Waals surface area contributed by atoms with Crippen molar-refractivity contribution >= 4 is 29.9 Å². The first-order valence-corrected chi connectivity index (χ1v) is 10.7. The molecule has 0 bridgehead atoms. The summed E-state index contributed by atoms with van der Waals surface area (Å²) in [7, 11) is 0. The van der Waals surface area contributed by atoms with Crippen LogP contribution in [0.15, 0.2) is 82.7 Å². The van der Waals surface area contributed by atoms with Gasteiger partial charge >= 0.3 is 0 Å². The summed E-state index contributed by atoms with van der Waals surface area (Å²) < 4.78 is 21.1. The average Bonchev–Trinajstić information content (AvgIpc) is 2.80. The maximum absolute atomic E-state index is 13.8. The molecule has 1 atom stereocenters. The normalized spacial score (nSPS) is 11.9. The van der Waals surface area contributed by atoms with Crippen LogP contribution in [0, 0.1) is 5.82 Å². The number of nitrogens with one attached hydrogen (secondary N) is 2. The number of guanidine groups is 1. The molecule has 0 saturated carbocycles. The van der Waals surface area contributed by atoms with E-state index in [2.05, 4.69) is 15.6 Å². The lowest BCUT2D eigenvalue weighted by molar-refractivity contribution is 0.214. The van der Waals surface area contributed by atoms with E-state index in [1.54, 1.807) is 41.1 Å². The molecule has 0 aliphatic rings. The van der Waals surface area contributed by atoms with Crippen LogP contribution >= 0.6 is 24.0 Å². The predicted molar refractivity (Wildman–Crippen MR) is 141 cm³/mol. The van der Waals surface area contributed by atoms with Gasteiger partial charge in [0.05, 0.1) is 19.6 Å². The van der Waals surface area contributed by atoms with Crippen molar-refractivity contribution in [2.24, 2.45) is 4.99 Å². The van der Waals surface area contributed by atoms with Gasteiger partial charge in [-0.1, -0.05) is 42.5 Å². The number of ether oxygens (including phenoxy) is 1. The Morgan fingerprint density at radius 1 is 1.03 bits per heavy atom. The molecule has 0 saturated heterocycles. The molecule has 0 aliphatic heterocycles. The van der Waals surface area contributed by atoms with Crippen molar-refractivity contribution in [3.05, 3.63) is 100 Å². The van der Waals surface area contributed by atoms with Crippen molar-refractivity contribution < 1.29 is 9.13 Å². The van der Waals surface area contributed by atoms with E-state index in [-0.39, 0.29) is 47.2 Å². The van der Waals surface area contributed by atoms with E-state index in [1.165, 1.54) is 6.07 Å². The van der Waals surface area contributed by atoms with Crippen LogP contribution in [-0.2, 0) is 13.1 Å². The summed E-state index contributed by atoms with van der Waals surface area (Å²) in [6.45, 7) is 6.11. The number of benzene rings is 2. The number of nitrogens with zero attached hydrogens (tertiary/aromatic N) is 2. The number of pyridine rings is 1. The summed E-state index contributed by atoms with van der Waals surface area (Å²) in [5.74, 6) is 0.526. The number of hydrogen-bond acceptors (Lipinski definition) is 3. The van der Waals surface area contributed by atoms with Gasteiger partial charge in [-0.15, -0.1) is 24.0 Å². The Morgan fingerprint density at radius 2 is 1.73 bits per heavy atom. The summed E-state index contributed by atoms with van der Waals surface area (Å²) in [6.07, 6.45) is 1.54. The number of halogens is 2. The fourth-order valence-corrected chi connectivity index (χ4v) is 3.09. The Labute approximate surface area is 210 Å². The summed E-state index contributed by atoms with van der Waals surface area (Å²) in [4.78, 5) is 16.5. The van der Waals surface area contributed by atoms with Crippen molar-refractivity contribution in [1.29, 1.82) is 0 Å². The third kappa shape index (κ3) is 8.53. The molecular formula is C25H30FIN4O2. The quantitative estimate of drug-likeness (QED) is 0.233. The second-order valence-corrected chi connectivity index (χ2v) is 7.42. The minimum Gasteiger partial charge on any atom is -0.486 e. The summed E-state index contributed by atoms with van der Waals surface area (Å²) in [6, 6.07) is 19.6. The smallest absolute Gasteiger partial charge is 0.250 e. The topological polar surface area (TPSA) is 67.7 Å². The molecule has 33 heavy (non-hydrogen) atoms. The minimum atomic E-state index is -0.375. The van der Waals surface area contributed by atoms with E-state index < -0.39 is 0 Å². The monoisotopic (exact) mass is 564 g/mol. The van der Waals surface area contributed by atoms with Crippen LogP contribution in [0.3, 0.4) is 0 Å². The summed E-state index contributed by atoms with van der Waals surface area (Å²) in [5, 5.41) is 6.44. The number of hydrogen-bond donors (Lipinski definition) is 2. The Hall–Kier alpha value is -2.88. The Morgan fingerprint density at radius 3 is 2.42 bits per heavy atom. The number of para-hydroxylation sites is 1. The lowest BCUT2D eigenvalue weighted by atomic mass is 10.1. The molecule has 0 aliphatic carbocycles. The fourth-order valence-electron chi connectivity index (χ4n) is 3.09. The van der Waals surface area contributed by atoms with Gasteiger partial charge in [-0.2, -0.15) is 0 Å². The van der Waals surface area contributed by atoms with Crippen molar-refractivity contribution in [1.82, 2.24) is 15.2 Å². The van der Waals surface area contributed by atoms with Crippen molar-refractivity contribution in [2.75, 3.05) is 13.1 Å². The van der Waals surface area contributed by atoms with E-state index >= 15 is 0 Å². The maximum atomic E-state index is 13.8. The Balaban J connectivity index is 0.00000385. The molecule has 0 spiro atoms. The van der Waals surface area contributed by atoms with E-state index in [0.717, 1.165) is 17.7 Å². The van der Waals surface area contributed by atoms with Crippen LogP contribution < -0.4 is 20.9 Å². The van der Waals surface area contributed by atoms with Gasteiger partial charge < -0.3 is 19.9 Å². The van der Waals surface area contributed by atoms with Gasteiger partial charge in [0.25, 0.3) is 5.56 Å². The first-order valence-electron chi connectivity index (χ1n) is 10.7. The molecule has 2 N–H and O–H groups in total. The molecule has 3 aromatic rings. The highest BCUT2D eigenvalue weighted by Crippen LogP contribution is 2.16. The van der Waals surface area contributed by atoms with Crippen molar-refractivity contribution in [3.63, 3.8) is 0 Å². The van der Waals surface area contributed by atoms with Gasteiger partial charge in [0.1, 0.15) is 6.10 Å². The van der Waals surface area contributed by atoms with Gasteiger partial charge in [-0.3, -0.25) is 4.79 Å². The number of rotatable bonds is 9. The zero-order valence-electron chi connectivity index (χ0n) is 18.8. The number of aromatic nitrogens is 1. The first-order chi connectivity index (χ1) is 15.5. The van der Waals surface area contributed by atoms with Crippen LogP contribution in [-0.4, -0.2) is 29.7 Å². The summed E-state index contributed by atoms with van der Waals surface area (Å²) in [5.41, 5.74) is 2.09. The van der Waals surface area contributed by atoms with Gasteiger partial charge in [-0.25, -0.2) is 9.38 Å².